The predicted molar refractivity (Wildman–Crippen MR) is 81.0 cm³/mol. The van der Waals surface area contributed by atoms with E-state index in [0.29, 0.717) is 6.04 Å². The van der Waals surface area contributed by atoms with Gasteiger partial charge in [0.1, 0.15) is 0 Å². The van der Waals surface area contributed by atoms with Crippen LogP contribution in [-0.4, -0.2) is 37.1 Å². The summed E-state index contributed by atoms with van der Waals surface area (Å²) in [7, 11) is 0. The maximum absolute atomic E-state index is 8.95. The lowest BCUT2D eigenvalue weighted by molar-refractivity contribution is 0.209. The number of nitrogens with one attached hydrogen (secondary N) is 1. The standard InChI is InChI=1S/C16H31N3/c1-15(13-19-11-7-4-8-12-19)18-10-6-5-9-16(2,3)14-17/h15,18H,4-13H2,1-3H3. The second-order valence-electron chi connectivity index (χ2n) is 6.67. The first-order chi connectivity index (χ1) is 9.03. The van der Waals surface area contributed by atoms with Crippen molar-refractivity contribution in [1.82, 2.24) is 10.2 Å². The van der Waals surface area contributed by atoms with Gasteiger partial charge in [-0.15, -0.1) is 0 Å². The van der Waals surface area contributed by atoms with Crippen LogP contribution in [0, 0.1) is 16.7 Å². The lowest BCUT2D eigenvalue weighted by Crippen LogP contribution is -2.41. The molecule has 0 aromatic heterocycles. The Morgan fingerprint density at radius 2 is 1.89 bits per heavy atom. The molecule has 0 aromatic carbocycles. The van der Waals surface area contributed by atoms with Crippen molar-refractivity contribution in [3.8, 4) is 6.07 Å². The molecule has 0 bridgehead atoms. The Labute approximate surface area is 119 Å². The van der Waals surface area contributed by atoms with Crippen LogP contribution >= 0.6 is 0 Å². The molecular formula is C16H31N3. The van der Waals surface area contributed by atoms with Crippen molar-refractivity contribution >= 4 is 0 Å². The molecule has 19 heavy (non-hydrogen) atoms. The minimum Gasteiger partial charge on any atom is -0.313 e. The summed E-state index contributed by atoms with van der Waals surface area (Å²) >= 11 is 0. The van der Waals surface area contributed by atoms with Crippen molar-refractivity contribution in [3.05, 3.63) is 0 Å². The molecule has 0 amide bonds. The largest absolute Gasteiger partial charge is 0.313 e. The second kappa shape index (κ2) is 8.55. The zero-order valence-electron chi connectivity index (χ0n) is 13.0. The summed E-state index contributed by atoms with van der Waals surface area (Å²) in [5, 5.41) is 12.6. The summed E-state index contributed by atoms with van der Waals surface area (Å²) in [5.74, 6) is 0. The molecule has 0 spiro atoms. The molecule has 0 saturated carbocycles. The van der Waals surface area contributed by atoms with Gasteiger partial charge in [0, 0.05) is 12.6 Å². The predicted octanol–water partition coefficient (Wildman–Crippen LogP) is 3.17. The van der Waals surface area contributed by atoms with Crippen LogP contribution in [-0.2, 0) is 0 Å². The third-order valence-electron chi connectivity index (χ3n) is 4.00. The van der Waals surface area contributed by atoms with E-state index in [1.807, 2.05) is 13.8 Å². The number of hydrogen-bond acceptors (Lipinski definition) is 3. The zero-order valence-corrected chi connectivity index (χ0v) is 13.0. The first kappa shape index (κ1) is 16.5. The van der Waals surface area contributed by atoms with Gasteiger partial charge in [0.15, 0.2) is 0 Å². The van der Waals surface area contributed by atoms with Gasteiger partial charge in [-0.2, -0.15) is 5.26 Å². The molecule has 1 saturated heterocycles. The zero-order chi connectivity index (χ0) is 14.1. The Bertz CT molecular complexity index is 274. The first-order valence-electron chi connectivity index (χ1n) is 7.90. The van der Waals surface area contributed by atoms with Crippen LogP contribution in [0.25, 0.3) is 0 Å². The highest BCUT2D eigenvalue weighted by Gasteiger charge is 2.16. The van der Waals surface area contributed by atoms with Crippen LogP contribution in [0.5, 0.6) is 0 Å². The molecule has 0 aliphatic carbocycles. The minimum absolute atomic E-state index is 0.153. The number of nitrogens with zero attached hydrogens (tertiary/aromatic N) is 2. The number of nitriles is 1. The SMILES string of the molecule is CC(CN1CCCCC1)NCCCCC(C)(C)C#N. The van der Waals surface area contributed by atoms with Gasteiger partial charge in [0.25, 0.3) is 0 Å². The second-order valence-corrected chi connectivity index (χ2v) is 6.67. The average Bonchev–Trinajstić information content (AvgIpc) is 2.39. The molecule has 0 aromatic rings. The smallest absolute Gasteiger partial charge is 0.0683 e. The Kier molecular flexibility index (Phi) is 7.41. The Morgan fingerprint density at radius 1 is 1.21 bits per heavy atom. The van der Waals surface area contributed by atoms with Gasteiger partial charge in [-0.05, 0) is 66.1 Å². The fraction of sp³-hybridized carbons (Fsp3) is 0.938. The van der Waals surface area contributed by atoms with Gasteiger partial charge in [-0.1, -0.05) is 12.8 Å². The summed E-state index contributed by atoms with van der Waals surface area (Å²) in [6, 6.07) is 2.95. The summed E-state index contributed by atoms with van der Waals surface area (Å²) in [4.78, 5) is 2.58. The normalized spacial score (nSPS) is 19.1. The molecule has 1 rings (SSSR count). The van der Waals surface area contributed by atoms with E-state index < -0.39 is 0 Å². The van der Waals surface area contributed by atoms with Crippen molar-refractivity contribution in [3.63, 3.8) is 0 Å². The van der Waals surface area contributed by atoms with E-state index in [1.165, 1.54) is 45.3 Å². The molecule has 1 heterocycles. The molecule has 1 aliphatic heterocycles. The van der Waals surface area contributed by atoms with Gasteiger partial charge in [-0.3, -0.25) is 0 Å². The molecule has 3 nitrogen and oxygen atoms in total. The minimum atomic E-state index is -0.153. The van der Waals surface area contributed by atoms with Crippen LogP contribution in [0.2, 0.25) is 0 Å². The van der Waals surface area contributed by atoms with E-state index in [2.05, 4.69) is 23.2 Å². The summed E-state index contributed by atoms with van der Waals surface area (Å²) in [6.45, 7) is 11.2. The highest BCUT2D eigenvalue weighted by molar-refractivity contribution is 4.91. The first-order valence-corrected chi connectivity index (χ1v) is 7.90. The topological polar surface area (TPSA) is 39.1 Å². The molecular weight excluding hydrogens is 234 g/mol. The summed E-state index contributed by atoms with van der Waals surface area (Å²) in [6.07, 6.45) is 7.48. The fourth-order valence-electron chi connectivity index (χ4n) is 2.69. The third kappa shape index (κ3) is 7.54. The summed E-state index contributed by atoms with van der Waals surface area (Å²) in [5.41, 5.74) is -0.153. The third-order valence-corrected chi connectivity index (χ3v) is 4.00. The average molecular weight is 265 g/mol. The van der Waals surface area contributed by atoms with Crippen molar-refractivity contribution in [2.45, 2.75) is 65.3 Å². The van der Waals surface area contributed by atoms with E-state index in [4.69, 9.17) is 5.26 Å². The Hall–Kier alpha value is -0.590. The summed E-state index contributed by atoms with van der Waals surface area (Å²) < 4.78 is 0. The maximum atomic E-state index is 8.95. The molecule has 110 valence electrons. The number of rotatable bonds is 8. The van der Waals surface area contributed by atoms with Gasteiger partial charge in [0.2, 0.25) is 0 Å². The highest BCUT2D eigenvalue weighted by Crippen LogP contribution is 2.21. The molecule has 1 fully saturated rings. The van der Waals surface area contributed by atoms with Crippen LogP contribution in [0.15, 0.2) is 0 Å². The van der Waals surface area contributed by atoms with Crippen molar-refractivity contribution in [2.75, 3.05) is 26.2 Å². The van der Waals surface area contributed by atoms with Gasteiger partial charge >= 0.3 is 0 Å². The lowest BCUT2D eigenvalue weighted by atomic mass is 9.89. The number of likely N-dealkylation sites (tertiary alicyclic amines) is 1. The van der Waals surface area contributed by atoms with Crippen LogP contribution in [0.3, 0.4) is 0 Å². The maximum Gasteiger partial charge on any atom is 0.0683 e. The number of unbranched alkanes of at least 4 members (excludes halogenated alkanes) is 1. The van der Waals surface area contributed by atoms with Gasteiger partial charge < -0.3 is 10.2 Å². The van der Waals surface area contributed by atoms with Crippen molar-refractivity contribution < 1.29 is 0 Å². The van der Waals surface area contributed by atoms with E-state index in [-0.39, 0.29) is 5.41 Å². The highest BCUT2D eigenvalue weighted by atomic mass is 15.1. The van der Waals surface area contributed by atoms with Crippen LogP contribution < -0.4 is 5.32 Å². The molecule has 1 unspecified atom stereocenters. The van der Waals surface area contributed by atoms with Gasteiger partial charge in [0.05, 0.1) is 11.5 Å². The Balaban J connectivity index is 2.01. The molecule has 3 heteroatoms. The Morgan fingerprint density at radius 3 is 2.53 bits per heavy atom. The monoisotopic (exact) mass is 265 g/mol. The van der Waals surface area contributed by atoms with E-state index in [9.17, 15) is 0 Å². The van der Waals surface area contributed by atoms with Crippen molar-refractivity contribution in [2.24, 2.45) is 5.41 Å². The van der Waals surface area contributed by atoms with E-state index in [1.54, 1.807) is 0 Å². The van der Waals surface area contributed by atoms with Crippen LogP contribution in [0.4, 0.5) is 0 Å². The van der Waals surface area contributed by atoms with Crippen molar-refractivity contribution in [1.29, 1.82) is 5.26 Å². The fourth-order valence-corrected chi connectivity index (χ4v) is 2.69. The van der Waals surface area contributed by atoms with E-state index in [0.717, 1.165) is 19.4 Å². The molecule has 1 atom stereocenters. The van der Waals surface area contributed by atoms with E-state index >= 15 is 0 Å². The molecule has 0 radical (unpaired) electrons. The lowest BCUT2D eigenvalue weighted by Gasteiger charge is -2.29. The number of hydrogen-bond donors (Lipinski definition) is 1. The number of piperidine rings is 1. The molecule has 1 aliphatic rings. The van der Waals surface area contributed by atoms with Crippen LogP contribution in [0.1, 0.15) is 59.3 Å². The van der Waals surface area contributed by atoms with Gasteiger partial charge in [-0.25, -0.2) is 0 Å². The quantitative estimate of drug-likeness (QED) is 0.685. The molecule has 1 N–H and O–H groups in total.